The molecule has 0 spiro atoms. The number of unbranched alkanes of at least 4 members (excludes halogenated alkanes) is 8. The standard InChI is InChI=1S/C17H35NO/c1-5-7-8-9-10-11-12-13-14-15-17(3,6-2)16(19)18-4/h5-15H2,1-4H3,(H,18,19). The third-order valence-electron chi connectivity index (χ3n) is 4.39. The molecule has 0 rings (SSSR count). The van der Waals surface area contributed by atoms with E-state index < -0.39 is 0 Å². The molecule has 0 saturated carbocycles. The van der Waals surface area contributed by atoms with Crippen LogP contribution < -0.4 is 5.32 Å². The second kappa shape index (κ2) is 11.3. The molecule has 0 aromatic carbocycles. The molecule has 0 heterocycles. The minimum Gasteiger partial charge on any atom is -0.359 e. The molecule has 2 heteroatoms. The van der Waals surface area contributed by atoms with Crippen LogP contribution >= 0.6 is 0 Å². The highest BCUT2D eigenvalue weighted by Crippen LogP contribution is 2.28. The maximum Gasteiger partial charge on any atom is 0.225 e. The largest absolute Gasteiger partial charge is 0.359 e. The van der Waals surface area contributed by atoms with E-state index in [1.165, 1.54) is 57.8 Å². The van der Waals surface area contributed by atoms with Gasteiger partial charge in [-0.1, -0.05) is 78.6 Å². The number of nitrogens with one attached hydrogen (secondary N) is 1. The van der Waals surface area contributed by atoms with Gasteiger partial charge in [0.2, 0.25) is 5.91 Å². The van der Waals surface area contributed by atoms with Gasteiger partial charge in [-0.3, -0.25) is 4.79 Å². The molecule has 0 aromatic heterocycles. The van der Waals surface area contributed by atoms with Crippen LogP contribution in [0.25, 0.3) is 0 Å². The second-order valence-electron chi connectivity index (χ2n) is 6.07. The first-order valence-corrected chi connectivity index (χ1v) is 8.33. The number of carbonyl (C=O) groups excluding carboxylic acids is 1. The molecule has 0 aliphatic carbocycles. The van der Waals surface area contributed by atoms with E-state index in [1.54, 1.807) is 7.05 Å². The zero-order valence-electron chi connectivity index (χ0n) is 13.7. The molecule has 1 N–H and O–H groups in total. The van der Waals surface area contributed by atoms with Gasteiger partial charge in [0.15, 0.2) is 0 Å². The molecule has 0 bridgehead atoms. The molecule has 19 heavy (non-hydrogen) atoms. The Morgan fingerprint density at radius 2 is 1.37 bits per heavy atom. The minimum absolute atomic E-state index is 0.157. The van der Waals surface area contributed by atoms with Crippen molar-refractivity contribution in [3.8, 4) is 0 Å². The Hall–Kier alpha value is -0.530. The summed E-state index contributed by atoms with van der Waals surface area (Å²) in [6, 6.07) is 0. The van der Waals surface area contributed by atoms with E-state index in [-0.39, 0.29) is 11.3 Å². The summed E-state index contributed by atoms with van der Waals surface area (Å²) in [5, 5.41) is 2.80. The summed E-state index contributed by atoms with van der Waals surface area (Å²) in [5.41, 5.74) is -0.157. The fourth-order valence-corrected chi connectivity index (χ4v) is 2.58. The quantitative estimate of drug-likeness (QED) is 0.492. The lowest BCUT2D eigenvalue weighted by molar-refractivity contribution is -0.130. The molecule has 0 saturated heterocycles. The summed E-state index contributed by atoms with van der Waals surface area (Å²) in [6.07, 6.45) is 14.0. The molecular formula is C17H35NO. The minimum atomic E-state index is -0.157. The Bertz CT molecular complexity index is 227. The Balaban J connectivity index is 3.54. The third kappa shape index (κ3) is 8.28. The maximum atomic E-state index is 11.8. The molecule has 0 aliphatic heterocycles. The number of carbonyl (C=O) groups is 1. The van der Waals surface area contributed by atoms with Gasteiger partial charge in [0, 0.05) is 12.5 Å². The smallest absolute Gasteiger partial charge is 0.225 e. The van der Waals surface area contributed by atoms with E-state index in [9.17, 15) is 4.79 Å². The topological polar surface area (TPSA) is 29.1 Å². The van der Waals surface area contributed by atoms with Crippen LogP contribution in [0.4, 0.5) is 0 Å². The molecule has 2 nitrogen and oxygen atoms in total. The van der Waals surface area contributed by atoms with Gasteiger partial charge in [-0.05, 0) is 12.8 Å². The molecule has 114 valence electrons. The first-order valence-electron chi connectivity index (χ1n) is 8.33. The first-order chi connectivity index (χ1) is 9.10. The number of hydrogen-bond donors (Lipinski definition) is 1. The van der Waals surface area contributed by atoms with Gasteiger partial charge < -0.3 is 5.32 Å². The van der Waals surface area contributed by atoms with E-state index in [1.807, 2.05) is 0 Å². The Morgan fingerprint density at radius 3 is 1.79 bits per heavy atom. The lowest BCUT2D eigenvalue weighted by Crippen LogP contribution is -2.36. The molecule has 0 aromatic rings. The van der Waals surface area contributed by atoms with Gasteiger partial charge in [0.25, 0.3) is 0 Å². The molecule has 1 atom stereocenters. The van der Waals surface area contributed by atoms with E-state index in [0.717, 1.165) is 12.8 Å². The summed E-state index contributed by atoms with van der Waals surface area (Å²) in [7, 11) is 1.74. The Kier molecular flexibility index (Phi) is 11.0. The van der Waals surface area contributed by atoms with Crippen LogP contribution in [0.1, 0.15) is 91.4 Å². The van der Waals surface area contributed by atoms with Crippen LogP contribution in [-0.2, 0) is 4.79 Å². The lowest BCUT2D eigenvalue weighted by Gasteiger charge is -2.26. The van der Waals surface area contributed by atoms with Crippen molar-refractivity contribution in [3.05, 3.63) is 0 Å². The molecular weight excluding hydrogens is 234 g/mol. The SMILES string of the molecule is CCCCCCCCCCCC(C)(CC)C(=O)NC. The Morgan fingerprint density at radius 1 is 0.895 bits per heavy atom. The molecule has 0 aliphatic rings. The molecule has 1 amide bonds. The van der Waals surface area contributed by atoms with E-state index in [4.69, 9.17) is 0 Å². The van der Waals surface area contributed by atoms with Crippen molar-refractivity contribution in [2.24, 2.45) is 5.41 Å². The van der Waals surface area contributed by atoms with Gasteiger partial charge in [-0.25, -0.2) is 0 Å². The van der Waals surface area contributed by atoms with E-state index in [2.05, 4.69) is 26.1 Å². The van der Waals surface area contributed by atoms with Crippen LogP contribution in [0.15, 0.2) is 0 Å². The highest BCUT2D eigenvalue weighted by molar-refractivity contribution is 5.81. The lowest BCUT2D eigenvalue weighted by atomic mass is 9.81. The summed E-state index contributed by atoms with van der Waals surface area (Å²) >= 11 is 0. The van der Waals surface area contributed by atoms with Crippen molar-refractivity contribution < 1.29 is 4.79 Å². The molecule has 1 unspecified atom stereocenters. The van der Waals surface area contributed by atoms with Crippen LogP contribution in [0.3, 0.4) is 0 Å². The van der Waals surface area contributed by atoms with Crippen molar-refractivity contribution in [1.29, 1.82) is 0 Å². The number of rotatable bonds is 12. The highest BCUT2D eigenvalue weighted by Gasteiger charge is 2.29. The summed E-state index contributed by atoms with van der Waals surface area (Å²) in [5.74, 6) is 0.203. The highest BCUT2D eigenvalue weighted by atomic mass is 16.2. The van der Waals surface area contributed by atoms with Crippen LogP contribution in [0, 0.1) is 5.41 Å². The van der Waals surface area contributed by atoms with E-state index >= 15 is 0 Å². The van der Waals surface area contributed by atoms with Crippen molar-refractivity contribution >= 4 is 5.91 Å². The number of amides is 1. The molecule has 0 radical (unpaired) electrons. The van der Waals surface area contributed by atoms with Gasteiger partial charge in [-0.2, -0.15) is 0 Å². The normalized spacial score (nSPS) is 14.1. The Labute approximate surface area is 120 Å². The van der Waals surface area contributed by atoms with Gasteiger partial charge >= 0.3 is 0 Å². The predicted molar refractivity (Wildman–Crippen MR) is 84.3 cm³/mol. The summed E-state index contributed by atoms with van der Waals surface area (Å²) in [4.78, 5) is 11.8. The fourth-order valence-electron chi connectivity index (χ4n) is 2.58. The van der Waals surface area contributed by atoms with Crippen LogP contribution in [0.5, 0.6) is 0 Å². The average Bonchev–Trinajstić information content (AvgIpc) is 2.44. The fraction of sp³-hybridized carbons (Fsp3) is 0.941. The van der Waals surface area contributed by atoms with E-state index in [0.29, 0.717) is 0 Å². The monoisotopic (exact) mass is 269 g/mol. The van der Waals surface area contributed by atoms with Crippen molar-refractivity contribution in [2.75, 3.05) is 7.05 Å². The van der Waals surface area contributed by atoms with Gasteiger partial charge in [0.1, 0.15) is 0 Å². The zero-order valence-corrected chi connectivity index (χ0v) is 13.7. The van der Waals surface area contributed by atoms with Crippen molar-refractivity contribution in [3.63, 3.8) is 0 Å². The predicted octanol–water partition coefficient (Wildman–Crippen LogP) is 5.07. The second-order valence-corrected chi connectivity index (χ2v) is 6.07. The zero-order chi connectivity index (χ0) is 14.6. The van der Waals surface area contributed by atoms with Crippen LogP contribution in [0.2, 0.25) is 0 Å². The first kappa shape index (κ1) is 18.5. The summed E-state index contributed by atoms with van der Waals surface area (Å²) < 4.78 is 0. The van der Waals surface area contributed by atoms with Gasteiger partial charge in [-0.15, -0.1) is 0 Å². The van der Waals surface area contributed by atoms with Crippen molar-refractivity contribution in [2.45, 2.75) is 91.4 Å². The molecule has 0 fully saturated rings. The number of hydrogen-bond acceptors (Lipinski definition) is 1. The van der Waals surface area contributed by atoms with Gasteiger partial charge in [0.05, 0.1) is 0 Å². The average molecular weight is 269 g/mol. The van der Waals surface area contributed by atoms with Crippen LogP contribution in [-0.4, -0.2) is 13.0 Å². The maximum absolute atomic E-state index is 11.8. The van der Waals surface area contributed by atoms with Crippen molar-refractivity contribution in [1.82, 2.24) is 5.32 Å². The summed E-state index contributed by atoms with van der Waals surface area (Å²) in [6.45, 7) is 6.47. The third-order valence-corrected chi connectivity index (χ3v) is 4.39.